The first kappa shape index (κ1) is 21.4. The first-order valence-electron chi connectivity index (χ1n) is 13.5. The number of aliphatic hydroxyl groups excluding tert-OH is 2. The van der Waals surface area contributed by atoms with Gasteiger partial charge in [-0.3, -0.25) is 4.90 Å². The Labute approximate surface area is 188 Å². The second kappa shape index (κ2) is 7.17. The molecule has 176 valence electrons. The molecule has 0 radical (unpaired) electrons. The lowest BCUT2D eigenvalue weighted by Gasteiger charge is -2.60. The lowest BCUT2D eigenvalue weighted by molar-refractivity contribution is -0.176. The normalized spacial score (nSPS) is 61.5. The zero-order valence-electron chi connectivity index (χ0n) is 19.9. The van der Waals surface area contributed by atoms with Crippen LogP contribution in [0.4, 0.5) is 0 Å². The fourth-order valence-electron chi connectivity index (χ4n) is 10.6. The van der Waals surface area contributed by atoms with Crippen LogP contribution in [-0.4, -0.2) is 57.2 Å². The van der Waals surface area contributed by atoms with Crippen LogP contribution in [0.3, 0.4) is 0 Å². The van der Waals surface area contributed by atoms with Gasteiger partial charge < -0.3 is 15.3 Å². The largest absolute Gasteiger partial charge is 0.393 e. The van der Waals surface area contributed by atoms with Crippen molar-refractivity contribution in [2.24, 2.45) is 52.8 Å². The minimum Gasteiger partial charge on any atom is -0.393 e. The molecule has 2 aliphatic heterocycles. The van der Waals surface area contributed by atoms with Crippen LogP contribution in [0.5, 0.6) is 0 Å². The first-order valence-corrected chi connectivity index (χ1v) is 13.5. The molecule has 2 saturated heterocycles. The van der Waals surface area contributed by atoms with E-state index in [1.807, 2.05) is 0 Å². The predicted octanol–water partition coefficient (Wildman–Crippen LogP) is 3.68. The van der Waals surface area contributed by atoms with E-state index >= 15 is 0 Å². The van der Waals surface area contributed by atoms with Crippen molar-refractivity contribution in [3.8, 4) is 0 Å². The molecule has 6 aliphatic rings. The molecule has 0 amide bonds. The van der Waals surface area contributed by atoms with E-state index in [0.29, 0.717) is 35.6 Å². The van der Waals surface area contributed by atoms with Gasteiger partial charge in [0, 0.05) is 19.1 Å². The molecule has 0 aromatic rings. The van der Waals surface area contributed by atoms with E-state index in [9.17, 15) is 15.3 Å². The summed E-state index contributed by atoms with van der Waals surface area (Å²) in [6.07, 6.45) is 9.43. The molecule has 31 heavy (non-hydrogen) atoms. The van der Waals surface area contributed by atoms with Crippen molar-refractivity contribution >= 4 is 0 Å². The summed E-state index contributed by atoms with van der Waals surface area (Å²) in [5.74, 6) is 4.89. The van der Waals surface area contributed by atoms with E-state index < -0.39 is 5.60 Å². The SMILES string of the molecule is CC1CC[C@@H]2N(C1)C[C@H]1C3CC4[C@@H](C[C@H](O)[C@H]5C[C@@H](O)CC[C@]45C)C3CC[C@@H]1[C@]2(C)O. The van der Waals surface area contributed by atoms with Crippen LogP contribution in [0.15, 0.2) is 0 Å². The highest BCUT2D eigenvalue weighted by atomic mass is 16.3. The number of piperidine rings is 2. The van der Waals surface area contributed by atoms with E-state index in [2.05, 4.69) is 25.7 Å². The van der Waals surface area contributed by atoms with E-state index in [4.69, 9.17) is 0 Å². The van der Waals surface area contributed by atoms with Gasteiger partial charge in [-0.05, 0) is 117 Å². The molecule has 4 nitrogen and oxygen atoms in total. The van der Waals surface area contributed by atoms with Crippen molar-refractivity contribution in [2.45, 2.75) is 102 Å². The summed E-state index contributed by atoms with van der Waals surface area (Å²) >= 11 is 0. The average molecular weight is 432 g/mol. The molecule has 2 heterocycles. The fraction of sp³-hybridized carbons (Fsp3) is 1.00. The van der Waals surface area contributed by atoms with Crippen molar-refractivity contribution in [3.05, 3.63) is 0 Å². The highest BCUT2D eigenvalue weighted by Gasteiger charge is 2.64. The van der Waals surface area contributed by atoms with Crippen LogP contribution in [-0.2, 0) is 0 Å². The third-order valence-electron chi connectivity index (χ3n) is 12.0. The minimum absolute atomic E-state index is 0.188. The number of hydrogen-bond acceptors (Lipinski definition) is 4. The maximum absolute atomic E-state index is 11.8. The molecule has 4 unspecified atom stereocenters. The molecular formula is C27H45NO3. The Hall–Kier alpha value is -0.160. The topological polar surface area (TPSA) is 63.9 Å². The molecule has 0 aromatic carbocycles. The van der Waals surface area contributed by atoms with Crippen LogP contribution in [0, 0.1) is 52.8 Å². The van der Waals surface area contributed by atoms with Crippen LogP contribution in [0.1, 0.15) is 78.6 Å². The molecule has 6 rings (SSSR count). The van der Waals surface area contributed by atoms with Crippen LogP contribution < -0.4 is 0 Å². The van der Waals surface area contributed by atoms with Crippen LogP contribution in [0.2, 0.25) is 0 Å². The van der Waals surface area contributed by atoms with E-state index in [-0.39, 0.29) is 23.5 Å². The summed E-state index contributed by atoms with van der Waals surface area (Å²) in [6.45, 7) is 9.36. The maximum Gasteiger partial charge on any atom is 0.0805 e. The highest BCUT2D eigenvalue weighted by molar-refractivity contribution is 5.14. The first-order chi connectivity index (χ1) is 14.7. The summed E-state index contributed by atoms with van der Waals surface area (Å²) < 4.78 is 0. The number of fused-ring (bicyclic) bond motifs is 8. The van der Waals surface area contributed by atoms with Crippen molar-refractivity contribution in [1.82, 2.24) is 4.90 Å². The molecule has 6 fully saturated rings. The van der Waals surface area contributed by atoms with Crippen LogP contribution >= 0.6 is 0 Å². The fourth-order valence-corrected chi connectivity index (χ4v) is 10.6. The minimum atomic E-state index is -0.553. The van der Waals surface area contributed by atoms with Gasteiger partial charge >= 0.3 is 0 Å². The monoisotopic (exact) mass is 431 g/mol. The highest BCUT2D eigenvalue weighted by Crippen LogP contribution is 2.67. The Balaban J connectivity index is 1.30. The molecule has 4 saturated carbocycles. The van der Waals surface area contributed by atoms with Gasteiger partial charge in [0.1, 0.15) is 0 Å². The standard InChI is InChI=1S/C27H45NO3/c1-15-4-7-25-27(3,31)21-6-5-17-18(20(21)14-28(25)13-15)11-22-19(17)12-24(30)23-10-16(29)8-9-26(22,23)2/h15-25,29-31H,4-14H2,1-3H3/t15?,16-,17?,18?,19-,20-,21-,22?,23+,24-,25-,26+,27-/m0/s1. The summed E-state index contributed by atoms with van der Waals surface area (Å²) in [6, 6.07) is 0.355. The second-order valence-electron chi connectivity index (χ2n) is 13.4. The molecular weight excluding hydrogens is 386 g/mol. The summed E-state index contributed by atoms with van der Waals surface area (Å²) in [5, 5.41) is 33.3. The number of rotatable bonds is 0. The number of aliphatic hydroxyl groups is 3. The second-order valence-corrected chi connectivity index (χ2v) is 13.4. The maximum atomic E-state index is 11.8. The van der Waals surface area contributed by atoms with Crippen molar-refractivity contribution in [3.63, 3.8) is 0 Å². The molecule has 4 heteroatoms. The predicted molar refractivity (Wildman–Crippen MR) is 121 cm³/mol. The molecule has 0 aromatic heterocycles. The lowest BCUT2D eigenvalue weighted by Crippen LogP contribution is -2.67. The molecule has 4 aliphatic carbocycles. The van der Waals surface area contributed by atoms with Gasteiger partial charge in [0.15, 0.2) is 0 Å². The van der Waals surface area contributed by atoms with Crippen molar-refractivity contribution < 1.29 is 15.3 Å². The van der Waals surface area contributed by atoms with E-state index in [1.165, 1.54) is 32.2 Å². The Morgan fingerprint density at radius 3 is 2.35 bits per heavy atom. The van der Waals surface area contributed by atoms with Gasteiger partial charge in [0.05, 0.1) is 17.8 Å². The lowest BCUT2D eigenvalue weighted by atomic mass is 9.51. The van der Waals surface area contributed by atoms with Gasteiger partial charge in [-0.25, -0.2) is 0 Å². The van der Waals surface area contributed by atoms with Gasteiger partial charge in [0.25, 0.3) is 0 Å². The molecule has 13 atom stereocenters. The Kier molecular flexibility index (Phi) is 4.94. The van der Waals surface area contributed by atoms with Crippen molar-refractivity contribution in [2.75, 3.05) is 13.1 Å². The molecule has 0 spiro atoms. The van der Waals surface area contributed by atoms with Gasteiger partial charge in [-0.1, -0.05) is 13.8 Å². The number of nitrogens with zero attached hydrogens (tertiary/aromatic N) is 1. The zero-order valence-corrected chi connectivity index (χ0v) is 19.9. The van der Waals surface area contributed by atoms with E-state index in [0.717, 1.165) is 50.5 Å². The van der Waals surface area contributed by atoms with Gasteiger partial charge in [-0.15, -0.1) is 0 Å². The Morgan fingerprint density at radius 1 is 0.742 bits per heavy atom. The molecule has 3 N–H and O–H groups in total. The summed E-state index contributed by atoms with van der Waals surface area (Å²) in [4.78, 5) is 2.68. The quantitative estimate of drug-likeness (QED) is 0.547. The smallest absolute Gasteiger partial charge is 0.0805 e. The van der Waals surface area contributed by atoms with Crippen molar-refractivity contribution in [1.29, 1.82) is 0 Å². The third kappa shape index (κ3) is 3.00. The summed E-state index contributed by atoms with van der Waals surface area (Å²) in [5.41, 5.74) is -0.365. The molecule has 0 bridgehead atoms. The zero-order chi connectivity index (χ0) is 21.7. The average Bonchev–Trinajstić information content (AvgIpc) is 3.09. The third-order valence-corrected chi connectivity index (χ3v) is 12.0. The van der Waals surface area contributed by atoms with Crippen LogP contribution in [0.25, 0.3) is 0 Å². The number of hydrogen-bond donors (Lipinski definition) is 3. The summed E-state index contributed by atoms with van der Waals surface area (Å²) in [7, 11) is 0. The van der Waals surface area contributed by atoms with E-state index in [1.54, 1.807) is 0 Å². The Bertz CT molecular complexity index is 711. The Morgan fingerprint density at radius 2 is 1.55 bits per heavy atom. The van der Waals surface area contributed by atoms with Gasteiger partial charge in [0.2, 0.25) is 0 Å². The van der Waals surface area contributed by atoms with Gasteiger partial charge in [-0.2, -0.15) is 0 Å².